The van der Waals surface area contributed by atoms with Crippen LogP contribution in [0.2, 0.25) is 18.1 Å². The highest BCUT2D eigenvalue weighted by Gasteiger charge is 2.40. The quantitative estimate of drug-likeness (QED) is 0.707. The van der Waals surface area contributed by atoms with Gasteiger partial charge >= 0.3 is 5.97 Å². The largest absolute Gasteiger partial charge is 0.481 e. The fourth-order valence-electron chi connectivity index (χ4n) is 2.15. The summed E-state index contributed by atoms with van der Waals surface area (Å²) in [6.45, 7) is 13.7. The number of aliphatic carboxylic acids is 1. The highest BCUT2D eigenvalue weighted by molar-refractivity contribution is 6.74. The second kappa shape index (κ2) is 8.08. The van der Waals surface area contributed by atoms with Crippen LogP contribution in [0.1, 0.15) is 33.3 Å². The Labute approximate surface area is 141 Å². The highest BCUT2D eigenvalue weighted by atomic mass is 28.4. The van der Waals surface area contributed by atoms with Crippen molar-refractivity contribution in [2.75, 3.05) is 6.54 Å². The molecule has 23 heavy (non-hydrogen) atoms. The monoisotopic (exact) mass is 337 g/mol. The van der Waals surface area contributed by atoms with Gasteiger partial charge in [-0.05, 0) is 30.6 Å². The van der Waals surface area contributed by atoms with E-state index in [0.717, 1.165) is 5.56 Å². The Morgan fingerprint density at radius 1 is 1.26 bits per heavy atom. The maximum absolute atomic E-state index is 11.6. The van der Waals surface area contributed by atoms with Crippen LogP contribution in [0.4, 0.5) is 0 Å². The van der Waals surface area contributed by atoms with Gasteiger partial charge < -0.3 is 14.8 Å². The lowest BCUT2D eigenvalue weighted by Gasteiger charge is -2.39. The molecule has 2 N–H and O–H groups in total. The second-order valence-electron chi connectivity index (χ2n) is 7.64. The number of nitrogens with one attached hydrogen (secondary N) is 1. The summed E-state index contributed by atoms with van der Waals surface area (Å²) in [4.78, 5) is 11.6. The van der Waals surface area contributed by atoms with Gasteiger partial charge in [0.15, 0.2) is 8.32 Å². The standard InChI is InChI=1S/C18H31NO3Si/c1-14(22-23(5,6)18(2,3)4)16(17(20)21)13-19-12-15-10-8-7-9-11-15/h7-11,14,16,19H,12-13H2,1-6H3,(H,20,21)/t14-,16+/m1/s1. The van der Waals surface area contributed by atoms with E-state index in [9.17, 15) is 9.90 Å². The number of rotatable bonds is 8. The Morgan fingerprint density at radius 3 is 2.30 bits per heavy atom. The van der Waals surface area contributed by atoms with Crippen LogP contribution in [0.15, 0.2) is 30.3 Å². The summed E-state index contributed by atoms with van der Waals surface area (Å²) >= 11 is 0. The van der Waals surface area contributed by atoms with Gasteiger partial charge in [0.05, 0.1) is 12.0 Å². The molecular weight excluding hydrogens is 306 g/mol. The number of carboxylic acids is 1. The van der Waals surface area contributed by atoms with Crippen molar-refractivity contribution in [3.05, 3.63) is 35.9 Å². The molecule has 0 saturated heterocycles. The first-order chi connectivity index (χ1) is 10.5. The lowest BCUT2D eigenvalue weighted by molar-refractivity contribution is -0.144. The molecule has 0 heterocycles. The Hall–Kier alpha value is -1.17. The minimum absolute atomic E-state index is 0.0712. The Morgan fingerprint density at radius 2 is 1.83 bits per heavy atom. The smallest absolute Gasteiger partial charge is 0.310 e. The van der Waals surface area contributed by atoms with Crippen molar-refractivity contribution in [1.29, 1.82) is 0 Å². The molecule has 5 heteroatoms. The molecule has 130 valence electrons. The third-order valence-electron chi connectivity index (χ3n) is 4.71. The van der Waals surface area contributed by atoms with Gasteiger partial charge in [-0.2, -0.15) is 0 Å². The van der Waals surface area contributed by atoms with Crippen molar-refractivity contribution in [1.82, 2.24) is 5.32 Å². The van der Waals surface area contributed by atoms with Crippen LogP contribution in [0.5, 0.6) is 0 Å². The summed E-state index contributed by atoms with van der Waals surface area (Å²) in [7, 11) is -1.97. The molecule has 0 aliphatic rings. The average molecular weight is 338 g/mol. The highest BCUT2D eigenvalue weighted by Crippen LogP contribution is 2.38. The third kappa shape index (κ3) is 6.09. The predicted molar refractivity (Wildman–Crippen MR) is 97.0 cm³/mol. The molecule has 0 saturated carbocycles. The van der Waals surface area contributed by atoms with E-state index in [2.05, 4.69) is 39.2 Å². The van der Waals surface area contributed by atoms with Gasteiger partial charge in [0.2, 0.25) is 0 Å². The summed E-state index contributed by atoms with van der Waals surface area (Å²) in [6.07, 6.45) is -0.309. The van der Waals surface area contributed by atoms with Crippen LogP contribution in [-0.2, 0) is 15.8 Å². The molecule has 4 nitrogen and oxygen atoms in total. The maximum atomic E-state index is 11.6. The van der Waals surface area contributed by atoms with Crippen molar-refractivity contribution in [3.63, 3.8) is 0 Å². The van der Waals surface area contributed by atoms with Crippen molar-refractivity contribution in [3.8, 4) is 0 Å². The van der Waals surface area contributed by atoms with E-state index in [1.807, 2.05) is 37.3 Å². The summed E-state index contributed by atoms with van der Waals surface area (Å²) in [5.41, 5.74) is 1.15. The minimum Gasteiger partial charge on any atom is -0.481 e. The third-order valence-corrected chi connectivity index (χ3v) is 9.28. The van der Waals surface area contributed by atoms with Gasteiger partial charge in [-0.25, -0.2) is 0 Å². The van der Waals surface area contributed by atoms with Gasteiger partial charge in [-0.3, -0.25) is 4.79 Å². The molecule has 0 fully saturated rings. The number of carbonyl (C=O) groups is 1. The lowest BCUT2D eigenvalue weighted by atomic mass is 10.0. The molecule has 0 radical (unpaired) electrons. The van der Waals surface area contributed by atoms with E-state index in [1.165, 1.54) is 0 Å². The summed E-state index contributed by atoms with van der Waals surface area (Å²) < 4.78 is 6.25. The molecule has 2 atom stereocenters. The molecule has 0 aromatic heterocycles. The zero-order valence-electron chi connectivity index (χ0n) is 15.2. The van der Waals surface area contributed by atoms with E-state index >= 15 is 0 Å². The number of hydrogen-bond acceptors (Lipinski definition) is 3. The van der Waals surface area contributed by atoms with E-state index in [1.54, 1.807) is 0 Å². The van der Waals surface area contributed by atoms with Crippen molar-refractivity contribution < 1.29 is 14.3 Å². The van der Waals surface area contributed by atoms with E-state index in [4.69, 9.17) is 4.43 Å². The zero-order valence-corrected chi connectivity index (χ0v) is 16.2. The maximum Gasteiger partial charge on any atom is 0.310 e. The molecule has 1 rings (SSSR count). The Bertz CT molecular complexity index is 497. The van der Waals surface area contributed by atoms with Gasteiger partial charge in [0, 0.05) is 13.1 Å². The van der Waals surface area contributed by atoms with Gasteiger partial charge in [0.1, 0.15) is 0 Å². The molecule has 1 aromatic rings. The molecule has 0 bridgehead atoms. The van der Waals surface area contributed by atoms with E-state index in [-0.39, 0.29) is 11.1 Å². The number of hydrogen-bond donors (Lipinski definition) is 2. The molecular formula is C18H31NO3Si. The predicted octanol–water partition coefficient (Wildman–Crippen LogP) is 3.89. The van der Waals surface area contributed by atoms with Crippen molar-refractivity contribution >= 4 is 14.3 Å². The first-order valence-corrected chi connectivity index (χ1v) is 11.1. The fourth-order valence-corrected chi connectivity index (χ4v) is 3.59. The Balaban J connectivity index is 2.62. The van der Waals surface area contributed by atoms with Crippen LogP contribution < -0.4 is 5.32 Å². The van der Waals surface area contributed by atoms with Crippen LogP contribution in [0, 0.1) is 5.92 Å². The molecule has 0 unspecified atom stereocenters. The van der Waals surface area contributed by atoms with Crippen molar-refractivity contribution in [2.45, 2.75) is 58.5 Å². The molecule has 1 aromatic carbocycles. The first kappa shape index (κ1) is 19.9. The molecule has 0 amide bonds. The van der Waals surface area contributed by atoms with Gasteiger partial charge in [-0.15, -0.1) is 0 Å². The first-order valence-electron chi connectivity index (χ1n) is 8.20. The van der Waals surface area contributed by atoms with Gasteiger partial charge in [0.25, 0.3) is 0 Å². The van der Waals surface area contributed by atoms with Crippen LogP contribution >= 0.6 is 0 Å². The molecule has 0 aliphatic heterocycles. The normalized spacial score (nSPS) is 15.2. The average Bonchev–Trinajstić information content (AvgIpc) is 2.42. The van der Waals surface area contributed by atoms with Crippen LogP contribution in [0.3, 0.4) is 0 Å². The SMILES string of the molecule is C[C@@H](O[Si](C)(C)C(C)(C)C)[C@H](CNCc1ccccc1)C(=O)O. The van der Waals surface area contributed by atoms with Crippen LogP contribution in [0.25, 0.3) is 0 Å². The molecule has 0 spiro atoms. The lowest BCUT2D eigenvalue weighted by Crippen LogP contribution is -2.47. The zero-order chi connectivity index (χ0) is 17.7. The number of benzene rings is 1. The Kier molecular flexibility index (Phi) is 6.98. The van der Waals surface area contributed by atoms with Crippen molar-refractivity contribution in [2.24, 2.45) is 5.92 Å². The summed E-state index contributed by atoms with van der Waals surface area (Å²) in [5, 5.41) is 12.9. The fraction of sp³-hybridized carbons (Fsp3) is 0.611. The number of carboxylic acid groups (broad SMARTS) is 1. The van der Waals surface area contributed by atoms with Gasteiger partial charge in [-0.1, -0.05) is 51.1 Å². The second-order valence-corrected chi connectivity index (χ2v) is 12.4. The van der Waals surface area contributed by atoms with E-state index in [0.29, 0.717) is 13.1 Å². The summed E-state index contributed by atoms with van der Waals surface area (Å²) in [5.74, 6) is -1.36. The summed E-state index contributed by atoms with van der Waals surface area (Å²) in [6, 6.07) is 9.99. The van der Waals surface area contributed by atoms with Crippen LogP contribution in [-0.4, -0.2) is 32.0 Å². The topological polar surface area (TPSA) is 58.6 Å². The minimum atomic E-state index is -1.97. The molecule has 0 aliphatic carbocycles. The van der Waals surface area contributed by atoms with E-state index < -0.39 is 20.2 Å².